The van der Waals surface area contributed by atoms with Crippen LogP contribution >= 0.6 is 0 Å². The number of nitrogens with two attached hydrogens (primary N) is 1. The number of aromatic nitrogens is 2. The molecule has 7 heteroatoms. The monoisotopic (exact) mass is 231 g/mol. The highest BCUT2D eigenvalue weighted by Gasteiger charge is 2.49. The summed E-state index contributed by atoms with van der Waals surface area (Å²) in [5, 5.41) is 3.05. The van der Waals surface area contributed by atoms with Crippen LogP contribution in [0.5, 0.6) is 0 Å². The van der Waals surface area contributed by atoms with Crippen LogP contribution in [0.25, 0.3) is 0 Å². The van der Waals surface area contributed by atoms with Crippen molar-refractivity contribution < 1.29 is 12.9 Å². The van der Waals surface area contributed by atoms with Crippen molar-refractivity contribution >= 4 is 9.84 Å². The van der Waals surface area contributed by atoms with Gasteiger partial charge in [-0.3, -0.25) is 0 Å². The van der Waals surface area contributed by atoms with Crippen LogP contribution in [0.3, 0.4) is 0 Å². The molecule has 0 amide bonds. The van der Waals surface area contributed by atoms with E-state index in [1.807, 2.05) is 0 Å². The lowest BCUT2D eigenvalue weighted by Crippen LogP contribution is -2.48. The zero-order chi connectivity index (χ0) is 11.1. The molecule has 1 aliphatic carbocycles. The maximum atomic E-state index is 11.6. The van der Waals surface area contributed by atoms with Crippen LogP contribution in [0.15, 0.2) is 10.9 Å². The fraction of sp³-hybridized carbons (Fsp3) is 0.750. The first-order valence-electron chi connectivity index (χ1n) is 4.69. The minimum atomic E-state index is -3.18. The standard InChI is InChI=1S/C8H13N3O3S/c1-15(12,13)6-3-2-4-8(6,9)7-10-5-14-11-7/h5-6H,2-4,9H2,1H3. The van der Waals surface area contributed by atoms with E-state index in [2.05, 4.69) is 14.7 Å². The fourth-order valence-corrected chi connectivity index (χ4v) is 3.81. The molecule has 2 rings (SSSR count). The second-order valence-corrected chi connectivity index (χ2v) is 6.23. The zero-order valence-electron chi connectivity index (χ0n) is 8.38. The van der Waals surface area contributed by atoms with Crippen molar-refractivity contribution in [1.82, 2.24) is 10.1 Å². The minimum Gasteiger partial charge on any atom is -0.343 e. The summed E-state index contributed by atoms with van der Waals surface area (Å²) in [7, 11) is -3.18. The highest BCUT2D eigenvalue weighted by molar-refractivity contribution is 7.91. The van der Waals surface area contributed by atoms with E-state index in [9.17, 15) is 8.42 Å². The molecular formula is C8H13N3O3S. The molecule has 1 aromatic rings. The fourth-order valence-electron chi connectivity index (χ4n) is 2.23. The average molecular weight is 231 g/mol. The molecule has 84 valence electrons. The third kappa shape index (κ3) is 1.65. The van der Waals surface area contributed by atoms with Gasteiger partial charge in [-0.1, -0.05) is 5.16 Å². The Morgan fingerprint density at radius 3 is 2.93 bits per heavy atom. The third-order valence-corrected chi connectivity index (χ3v) is 4.62. The molecule has 1 aromatic heterocycles. The van der Waals surface area contributed by atoms with Crippen LogP contribution in [0, 0.1) is 0 Å². The van der Waals surface area contributed by atoms with E-state index in [1.165, 1.54) is 12.6 Å². The number of hydrogen-bond donors (Lipinski definition) is 1. The van der Waals surface area contributed by atoms with E-state index in [-0.39, 0.29) is 5.82 Å². The molecule has 1 saturated carbocycles. The molecule has 0 saturated heterocycles. The number of rotatable bonds is 2. The third-order valence-electron chi connectivity index (χ3n) is 2.93. The summed E-state index contributed by atoms with van der Waals surface area (Å²) in [5.41, 5.74) is 5.11. The lowest BCUT2D eigenvalue weighted by molar-refractivity contribution is 0.367. The van der Waals surface area contributed by atoms with E-state index >= 15 is 0 Å². The highest BCUT2D eigenvalue weighted by atomic mass is 32.2. The quantitative estimate of drug-likeness (QED) is 0.758. The maximum absolute atomic E-state index is 11.6. The van der Waals surface area contributed by atoms with Crippen LogP contribution < -0.4 is 5.73 Å². The van der Waals surface area contributed by atoms with Gasteiger partial charge in [0.05, 0.1) is 10.8 Å². The Hall–Kier alpha value is -0.950. The van der Waals surface area contributed by atoms with Crippen molar-refractivity contribution in [2.75, 3.05) is 6.26 Å². The van der Waals surface area contributed by atoms with Crippen molar-refractivity contribution in [1.29, 1.82) is 0 Å². The molecule has 0 aliphatic heterocycles. The predicted octanol–water partition coefficient (Wildman–Crippen LogP) is -0.179. The molecule has 0 aromatic carbocycles. The van der Waals surface area contributed by atoms with E-state index in [0.29, 0.717) is 12.8 Å². The molecule has 0 bridgehead atoms. The highest BCUT2D eigenvalue weighted by Crippen LogP contribution is 2.38. The van der Waals surface area contributed by atoms with Crippen LogP contribution in [0.1, 0.15) is 25.1 Å². The van der Waals surface area contributed by atoms with Gasteiger partial charge in [0.25, 0.3) is 0 Å². The second-order valence-electron chi connectivity index (χ2n) is 4.01. The van der Waals surface area contributed by atoms with Crippen LogP contribution in [-0.4, -0.2) is 30.1 Å². The lowest BCUT2D eigenvalue weighted by atomic mass is 9.98. The Labute approximate surface area is 87.8 Å². The van der Waals surface area contributed by atoms with Gasteiger partial charge in [0.1, 0.15) is 0 Å². The van der Waals surface area contributed by atoms with Crippen LogP contribution in [0.2, 0.25) is 0 Å². The van der Waals surface area contributed by atoms with Gasteiger partial charge in [-0.05, 0) is 19.3 Å². The topological polar surface area (TPSA) is 99.1 Å². The van der Waals surface area contributed by atoms with E-state index in [0.717, 1.165) is 6.42 Å². The van der Waals surface area contributed by atoms with Crippen molar-refractivity contribution in [3.05, 3.63) is 12.2 Å². The summed E-state index contributed by atoms with van der Waals surface area (Å²) in [6.07, 6.45) is 4.27. The van der Waals surface area contributed by atoms with Gasteiger partial charge < -0.3 is 10.3 Å². The molecule has 6 nitrogen and oxygen atoms in total. The van der Waals surface area contributed by atoms with Crippen molar-refractivity contribution in [2.45, 2.75) is 30.1 Å². The molecule has 1 aliphatic rings. The van der Waals surface area contributed by atoms with Gasteiger partial charge >= 0.3 is 0 Å². The Morgan fingerprint density at radius 1 is 1.67 bits per heavy atom. The molecule has 1 fully saturated rings. The Balaban J connectivity index is 2.44. The van der Waals surface area contributed by atoms with Crippen molar-refractivity contribution in [3.8, 4) is 0 Å². The summed E-state index contributed by atoms with van der Waals surface area (Å²) < 4.78 is 27.8. The molecule has 2 unspecified atom stereocenters. The molecule has 2 atom stereocenters. The lowest BCUT2D eigenvalue weighted by Gasteiger charge is -2.26. The van der Waals surface area contributed by atoms with Gasteiger partial charge in [0.2, 0.25) is 6.39 Å². The Morgan fingerprint density at radius 2 is 2.40 bits per heavy atom. The van der Waals surface area contributed by atoms with Gasteiger partial charge in [-0.15, -0.1) is 0 Å². The number of nitrogens with zero attached hydrogens (tertiary/aromatic N) is 2. The summed E-state index contributed by atoms with van der Waals surface area (Å²) >= 11 is 0. The summed E-state index contributed by atoms with van der Waals surface area (Å²) in [6, 6.07) is 0. The first kappa shape index (κ1) is 10.6. The molecule has 1 heterocycles. The van der Waals surface area contributed by atoms with E-state index < -0.39 is 20.6 Å². The average Bonchev–Trinajstić information content (AvgIpc) is 2.69. The molecule has 0 spiro atoms. The van der Waals surface area contributed by atoms with Gasteiger partial charge in [-0.2, -0.15) is 4.98 Å². The summed E-state index contributed by atoms with van der Waals surface area (Å²) in [6.45, 7) is 0. The van der Waals surface area contributed by atoms with Gasteiger partial charge in [0, 0.05) is 6.26 Å². The molecule has 0 radical (unpaired) electrons. The maximum Gasteiger partial charge on any atom is 0.213 e. The van der Waals surface area contributed by atoms with Gasteiger partial charge in [0.15, 0.2) is 15.7 Å². The largest absolute Gasteiger partial charge is 0.343 e. The summed E-state index contributed by atoms with van der Waals surface area (Å²) in [5.74, 6) is 0.287. The smallest absolute Gasteiger partial charge is 0.213 e. The van der Waals surface area contributed by atoms with Crippen LogP contribution in [0.4, 0.5) is 0 Å². The Kier molecular flexibility index (Phi) is 2.31. The van der Waals surface area contributed by atoms with Gasteiger partial charge in [-0.25, -0.2) is 8.42 Å². The summed E-state index contributed by atoms with van der Waals surface area (Å²) in [4.78, 5) is 3.87. The first-order valence-corrected chi connectivity index (χ1v) is 6.64. The van der Waals surface area contributed by atoms with Crippen molar-refractivity contribution in [2.24, 2.45) is 5.73 Å². The number of sulfone groups is 1. The van der Waals surface area contributed by atoms with E-state index in [4.69, 9.17) is 5.73 Å². The zero-order valence-corrected chi connectivity index (χ0v) is 9.20. The van der Waals surface area contributed by atoms with Crippen LogP contribution in [-0.2, 0) is 15.4 Å². The first-order chi connectivity index (χ1) is 6.94. The SMILES string of the molecule is CS(=O)(=O)C1CCCC1(N)c1ncon1. The molecule has 15 heavy (non-hydrogen) atoms. The molecule has 2 N–H and O–H groups in total. The second kappa shape index (κ2) is 3.28. The predicted molar refractivity (Wildman–Crippen MR) is 52.6 cm³/mol. The Bertz CT molecular complexity index is 442. The van der Waals surface area contributed by atoms with E-state index in [1.54, 1.807) is 0 Å². The van der Waals surface area contributed by atoms with Crippen molar-refractivity contribution in [3.63, 3.8) is 0 Å². The molecular weight excluding hydrogens is 218 g/mol. The normalized spacial score (nSPS) is 32.0. The minimum absolute atomic E-state index is 0.287. The number of hydrogen-bond acceptors (Lipinski definition) is 6.